The molecule has 3 heteroatoms. The Balaban J connectivity index is 0.00000288. The Labute approximate surface area is 155 Å². The lowest BCUT2D eigenvalue weighted by Crippen LogP contribution is -2.38. The molecule has 0 aromatic heterocycles. The summed E-state index contributed by atoms with van der Waals surface area (Å²) in [6.07, 6.45) is 6.65. The summed E-state index contributed by atoms with van der Waals surface area (Å²) in [4.78, 5) is 2.63. The van der Waals surface area contributed by atoms with Crippen LogP contribution in [0.5, 0.6) is 5.75 Å². The molecule has 0 spiro atoms. The Morgan fingerprint density at radius 3 is 2.46 bits per heavy atom. The zero-order valence-electron chi connectivity index (χ0n) is 16.0. The van der Waals surface area contributed by atoms with E-state index >= 15 is 0 Å². The first-order valence-corrected chi connectivity index (χ1v) is 9.44. The van der Waals surface area contributed by atoms with E-state index in [1.807, 2.05) is 0 Å². The summed E-state index contributed by atoms with van der Waals surface area (Å²) in [5.41, 5.74) is 1.57. The summed E-state index contributed by atoms with van der Waals surface area (Å²) in [5.74, 6) is 1.70. The van der Waals surface area contributed by atoms with Gasteiger partial charge in [-0.15, -0.1) is 12.4 Å². The molecule has 1 aromatic rings. The molecule has 1 fully saturated rings. The molecule has 0 radical (unpaired) electrons. The average molecular weight is 354 g/mol. The average Bonchev–Trinajstić information content (AvgIpc) is 2.53. The maximum absolute atomic E-state index is 6.06. The summed E-state index contributed by atoms with van der Waals surface area (Å²) in [6, 6.07) is 8.66. The largest absolute Gasteiger partial charge is 0.493 e. The summed E-state index contributed by atoms with van der Waals surface area (Å²) in [6.45, 7) is 13.6. The van der Waals surface area contributed by atoms with E-state index in [1.165, 1.54) is 57.3 Å². The Kier molecular flexibility index (Phi) is 9.15. The lowest BCUT2D eigenvalue weighted by atomic mass is 9.87. The van der Waals surface area contributed by atoms with Crippen LogP contribution in [-0.2, 0) is 5.41 Å². The maximum atomic E-state index is 6.06. The predicted octanol–water partition coefficient (Wildman–Crippen LogP) is 5.69. The quantitative estimate of drug-likeness (QED) is 0.584. The van der Waals surface area contributed by atoms with Gasteiger partial charge in [0.05, 0.1) is 6.61 Å². The fourth-order valence-electron chi connectivity index (χ4n) is 3.34. The van der Waals surface area contributed by atoms with Crippen molar-refractivity contribution in [1.29, 1.82) is 0 Å². The molecule has 0 aliphatic carbocycles. The van der Waals surface area contributed by atoms with Crippen LogP contribution in [0.4, 0.5) is 0 Å². The van der Waals surface area contributed by atoms with Gasteiger partial charge < -0.3 is 9.64 Å². The summed E-state index contributed by atoms with van der Waals surface area (Å²) in [7, 11) is 0. The normalized spacial score (nSPS) is 18.9. The Hall–Kier alpha value is -0.730. The third-order valence-corrected chi connectivity index (χ3v) is 4.89. The van der Waals surface area contributed by atoms with Crippen molar-refractivity contribution in [2.45, 2.75) is 65.2 Å². The number of unbranched alkanes of at least 4 members (excludes halogenated alkanes) is 2. The van der Waals surface area contributed by atoms with Crippen LogP contribution in [0.1, 0.15) is 65.4 Å². The Bertz CT molecular complexity index is 452. The van der Waals surface area contributed by atoms with Gasteiger partial charge in [-0.2, -0.15) is 0 Å². The molecule has 2 rings (SSSR count). The minimum absolute atomic E-state index is 0. The van der Waals surface area contributed by atoms with Crippen LogP contribution in [0.2, 0.25) is 0 Å². The van der Waals surface area contributed by atoms with Crippen molar-refractivity contribution in [3.63, 3.8) is 0 Å². The van der Waals surface area contributed by atoms with Gasteiger partial charge in [-0.05, 0) is 55.5 Å². The maximum Gasteiger partial charge on any atom is 0.119 e. The minimum Gasteiger partial charge on any atom is -0.493 e. The van der Waals surface area contributed by atoms with Gasteiger partial charge in [0, 0.05) is 12.5 Å². The molecule has 0 amide bonds. The van der Waals surface area contributed by atoms with E-state index in [1.54, 1.807) is 0 Å². The third-order valence-electron chi connectivity index (χ3n) is 4.89. The lowest BCUT2D eigenvalue weighted by molar-refractivity contribution is 0.128. The molecule has 1 aliphatic rings. The number of likely N-dealkylation sites (tertiary alicyclic amines) is 1. The number of hydrogen-bond acceptors (Lipinski definition) is 2. The second kappa shape index (κ2) is 10.3. The van der Waals surface area contributed by atoms with Gasteiger partial charge >= 0.3 is 0 Å². The van der Waals surface area contributed by atoms with Crippen LogP contribution in [0.25, 0.3) is 0 Å². The molecule has 1 aromatic carbocycles. The number of benzene rings is 1. The highest BCUT2D eigenvalue weighted by Gasteiger charge is 2.20. The van der Waals surface area contributed by atoms with Crippen molar-refractivity contribution in [1.82, 2.24) is 4.90 Å². The molecule has 1 heterocycles. The molecule has 1 unspecified atom stereocenters. The fraction of sp³-hybridized carbons (Fsp3) is 0.714. The number of piperidine rings is 1. The van der Waals surface area contributed by atoms with Crippen LogP contribution in [0, 0.1) is 5.92 Å². The molecule has 0 bridgehead atoms. The van der Waals surface area contributed by atoms with E-state index in [9.17, 15) is 0 Å². The molecule has 1 saturated heterocycles. The molecule has 2 nitrogen and oxygen atoms in total. The zero-order valence-corrected chi connectivity index (χ0v) is 16.8. The molecule has 138 valence electrons. The van der Waals surface area contributed by atoms with E-state index in [4.69, 9.17) is 4.74 Å². The summed E-state index contributed by atoms with van der Waals surface area (Å²) < 4.78 is 6.06. The SMILES string of the molecule is CCCCCN1CCCC(COc2ccc(C(C)(C)C)cc2)C1.Cl. The minimum atomic E-state index is 0. The van der Waals surface area contributed by atoms with E-state index in [-0.39, 0.29) is 17.8 Å². The van der Waals surface area contributed by atoms with Gasteiger partial charge in [-0.25, -0.2) is 0 Å². The highest BCUT2D eigenvalue weighted by Crippen LogP contribution is 2.25. The molecule has 1 atom stereocenters. The van der Waals surface area contributed by atoms with Crippen molar-refractivity contribution in [2.75, 3.05) is 26.2 Å². The first-order chi connectivity index (χ1) is 11.0. The first kappa shape index (κ1) is 21.3. The highest BCUT2D eigenvalue weighted by atomic mass is 35.5. The smallest absolute Gasteiger partial charge is 0.119 e. The van der Waals surface area contributed by atoms with Gasteiger partial charge in [0.2, 0.25) is 0 Å². The van der Waals surface area contributed by atoms with E-state index in [0.717, 1.165) is 12.4 Å². The van der Waals surface area contributed by atoms with Crippen LogP contribution in [-0.4, -0.2) is 31.1 Å². The molecular formula is C21H36ClNO. The third kappa shape index (κ3) is 7.03. The molecule has 1 aliphatic heterocycles. The van der Waals surface area contributed by atoms with Gasteiger partial charge in [-0.3, -0.25) is 0 Å². The van der Waals surface area contributed by atoms with Gasteiger partial charge in [0.15, 0.2) is 0 Å². The monoisotopic (exact) mass is 353 g/mol. The number of ether oxygens (including phenoxy) is 1. The summed E-state index contributed by atoms with van der Waals surface area (Å²) >= 11 is 0. The number of nitrogens with zero attached hydrogens (tertiary/aromatic N) is 1. The lowest BCUT2D eigenvalue weighted by Gasteiger charge is -2.32. The van der Waals surface area contributed by atoms with Gasteiger partial charge in [-0.1, -0.05) is 52.7 Å². The second-order valence-electron chi connectivity index (χ2n) is 8.10. The van der Waals surface area contributed by atoms with Crippen molar-refractivity contribution in [2.24, 2.45) is 5.92 Å². The second-order valence-corrected chi connectivity index (χ2v) is 8.10. The molecule has 0 N–H and O–H groups in total. The van der Waals surface area contributed by atoms with Crippen molar-refractivity contribution in [3.05, 3.63) is 29.8 Å². The van der Waals surface area contributed by atoms with Crippen LogP contribution in [0.15, 0.2) is 24.3 Å². The van der Waals surface area contributed by atoms with E-state index in [0.29, 0.717) is 5.92 Å². The van der Waals surface area contributed by atoms with Crippen LogP contribution < -0.4 is 4.74 Å². The van der Waals surface area contributed by atoms with Gasteiger partial charge in [0.25, 0.3) is 0 Å². The van der Waals surface area contributed by atoms with Crippen molar-refractivity contribution >= 4 is 12.4 Å². The Morgan fingerprint density at radius 2 is 1.83 bits per heavy atom. The Morgan fingerprint density at radius 1 is 1.12 bits per heavy atom. The number of rotatable bonds is 7. The predicted molar refractivity (Wildman–Crippen MR) is 107 cm³/mol. The van der Waals surface area contributed by atoms with Gasteiger partial charge in [0.1, 0.15) is 5.75 Å². The summed E-state index contributed by atoms with van der Waals surface area (Å²) in [5, 5.41) is 0. The van der Waals surface area contributed by atoms with E-state index in [2.05, 4.69) is 56.9 Å². The topological polar surface area (TPSA) is 12.5 Å². The molecule has 0 saturated carbocycles. The number of hydrogen-bond donors (Lipinski definition) is 0. The molecule has 24 heavy (non-hydrogen) atoms. The zero-order chi connectivity index (χ0) is 16.7. The van der Waals surface area contributed by atoms with Crippen molar-refractivity contribution < 1.29 is 4.74 Å². The van der Waals surface area contributed by atoms with Crippen LogP contribution >= 0.6 is 12.4 Å². The molecular weight excluding hydrogens is 318 g/mol. The van der Waals surface area contributed by atoms with Crippen molar-refractivity contribution in [3.8, 4) is 5.75 Å². The number of halogens is 1. The first-order valence-electron chi connectivity index (χ1n) is 9.44. The van der Waals surface area contributed by atoms with Crippen LogP contribution in [0.3, 0.4) is 0 Å². The van der Waals surface area contributed by atoms with E-state index < -0.39 is 0 Å². The highest BCUT2D eigenvalue weighted by molar-refractivity contribution is 5.85. The fourth-order valence-corrected chi connectivity index (χ4v) is 3.34. The standard InChI is InChI=1S/C21H35NO.ClH/c1-5-6-7-14-22-15-8-9-18(16-22)17-23-20-12-10-19(11-13-20)21(2,3)4;/h10-13,18H,5-9,14-17H2,1-4H3;1H.